The molecule has 34 nitrogen and oxygen atoms in total. The number of carbonyl (C=O) groups is 12. The number of nitrogens with zero attached hydrogens (tertiary/aromatic N) is 3. The number of carboxylic acids is 3. The highest BCUT2D eigenvalue weighted by Crippen LogP contribution is 2.65. The molecule has 3 aliphatic carbocycles. The van der Waals surface area contributed by atoms with Gasteiger partial charge >= 0.3 is 23.9 Å². The Balaban J connectivity index is 0.840. The maximum atomic E-state index is 16.7. The highest BCUT2D eigenvalue weighted by Gasteiger charge is 2.79. The predicted octanol–water partition coefficient (Wildman–Crippen LogP) is -0.108. The van der Waals surface area contributed by atoms with E-state index in [0.717, 1.165) is 13.8 Å². The predicted molar refractivity (Wildman–Crippen MR) is 386 cm³/mol. The van der Waals surface area contributed by atoms with Crippen molar-refractivity contribution in [2.75, 3.05) is 30.7 Å². The molecule has 113 heavy (non-hydrogen) atoms. The summed E-state index contributed by atoms with van der Waals surface area (Å²) < 4.78 is 37.5. The van der Waals surface area contributed by atoms with Crippen LogP contribution >= 0.6 is 0 Å². The minimum Gasteiger partial charge on any atom is -0.548 e. The lowest BCUT2D eigenvalue weighted by atomic mass is 9.44. The van der Waals surface area contributed by atoms with Gasteiger partial charge in [0, 0.05) is 90.7 Å². The number of Topliss-reactive ketones (excluding diaryl/α,β-unsaturated/α-hetero) is 1. The second-order valence-corrected chi connectivity index (χ2v) is 28.1. The third-order valence-corrected chi connectivity index (χ3v) is 20.8. The van der Waals surface area contributed by atoms with E-state index in [4.69, 9.17) is 34.2 Å². The first kappa shape index (κ1) is 80.7. The summed E-state index contributed by atoms with van der Waals surface area (Å²) in [6, 6.07) is 27.6. The van der Waals surface area contributed by atoms with Gasteiger partial charge < -0.3 is 101 Å². The number of aromatic nitrogens is 4. The fraction of sp³-hybridized carbons (Fsp3) is 0.342. The number of ketones is 1. The minimum atomic E-state index is -2.62. The van der Waals surface area contributed by atoms with Crippen LogP contribution in [0, 0.1) is 28.8 Å². The second-order valence-electron chi connectivity index (χ2n) is 28.1. The standard InChI is InChI=1S/C79H78N10O24/c1-39-53(111-74(106)60(93)58(43-18-12-8-13-19-43)87-67(96)44-20-14-9-15-21-44)35-79(107)64(108-31-28-42-16-10-7-11-17-42)62-77(6,63(94)61(110-40(2)90)57(39)76(79,4)5)54(34-55-78(62,38-109-55)113-41(3)91)112-73(105)51-33-49(70(99)100)48(32-50(51)71(101)102)68(97)82-30-29-81-56(92)27-26-52(72(103)104)86-66(95)45-22-24-46(25-23-45)83-36-47-37-84-65-59(85-47)69(98)89-75(80)88-65/h7-25,32-33,37,52-55,58,60-62,64,83,93,107H,26-27,29-30,34-36,38H2,1-6H3,(H,81,92)(H,82,97)(H,86,95)(H,87,96)(H,99,100)(H,101,102)(H,103,104)(H3,80,84,88,89,98)/p-3/t52-,53-,54-,55+,58-,60+,61+,62-,64-,77+,78-,79+/m0/s1. The number of aliphatic hydroxyl groups excluding tert-OH is 1. The normalized spacial score (nSPS) is 22.6. The lowest BCUT2D eigenvalue weighted by Gasteiger charge is -2.67. The Morgan fingerprint density at radius 1 is 0.743 bits per heavy atom. The number of hydrogen-bond donors (Lipinski definition) is 9. The number of fused-ring (bicyclic) bond motifs is 6. The van der Waals surface area contributed by atoms with Crippen LogP contribution in [-0.4, -0.2) is 175 Å². The van der Waals surface area contributed by atoms with Crippen LogP contribution in [0.5, 0.6) is 0 Å². The quantitative estimate of drug-likeness (QED) is 0.0112. The molecule has 4 aliphatic rings. The van der Waals surface area contributed by atoms with Crippen molar-refractivity contribution in [3.8, 4) is 12.0 Å². The molecule has 1 aliphatic heterocycles. The monoisotopic (exact) mass is 1550 g/mol. The summed E-state index contributed by atoms with van der Waals surface area (Å²) >= 11 is 0. The van der Waals surface area contributed by atoms with Gasteiger partial charge in [-0.25, -0.2) is 19.6 Å². The molecule has 2 bridgehead atoms. The summed E-state index contributed by atoms with van der Waals surface area (Å²) in [7, 11) is 0. The van der Waals surface area contributed by atoms with Crippen molar-refractivity contribution in [1.29, 1.82) is 0 Å². The van der Waals surface area contributed by atoms with Crippen LogP contribution in [0.4, 0.5) is 11.6 Å². The molecule has 3 fully saturated rings. The van der Waals surface area contributed by atoms with E-state index in [-0.39, 0.29) is 51.5 Å². The van der Waals surface area contributed by atoms with Crippen molar-refractivity contribution in [3.63, 3.8) is 0 Å². The summed E-state index contributed by atoms with van der Waals surface area (Å²) in [5, 5.41) is 77.5. The first-order valence-electron chi connectivity index (χ1n) is 35.4. The summed E-state index contributed by atoms with van der Waals surface area (Å²) in [5.41, 5.74) is -7.03. The maximum Gasteiger partial charge on any atom is 0.339 e. The number of anilines is 2. The fourth-order valence-electron chi connectivity index (χ4n) is 15.1. The molecule has 5 aromatic carbocycles. The van der Waals surface area contributed by atoms with E-state index in [1.54, 1.807) is 78.9 Å². The highest BCUT2D eigenvalue weighted by molar-refractivity contribution is 6.10. The number of rotatable bonds is 26. The molecule has 2 aromatic heterocycles. The van der Waals surface area contributed by atoms with Crippen LogP contribution in [0.2, 0.25) is 0 Å². The topological polar surface area (TPSA) is 528 Å². The summed E-state index contributed by atoms with van der Waals surface area (Å²) in [4.78, 5) is 193. The van der Waals surface area contributed by atoms with Crippen LogP contribution in [0.15, 0.2) is 150 Å². The van der Waals surface area contributed by atoms with Gasteiger partial charge in [0.25, 0.3) is 23.3 Å². The molecule has 10 N–H and O–H groups in total. The molecule has 11 rings (SSSR count). The molecule has 7 aromatic rings. The molecule has 34 heteroatoms. The summed E-state index contributed by atoms with van der Waals surface area (Å²) in [5.74, 6) is -15.2. The van der Waals surface area contributed by atoms with Crippen LogP contribution in [0.25, 0.3) is 11.2 Å². The number of hydrogen-bond acceptors (Lipinski definition) is 29. The third kappa shape index (κ3) is 16.6. The second kappa shape index (κ2) is 33.1. The Labute approximate surface area is 642 Å². The van der Waals surface area contributed by atoms with Gasteiger partial charge in [-0.15, -0.1) is 0 Å². The van der Waals surface area contributed by atoms with Crippen LogP contribution in [-0.2, 0) is 63.7 Å². The molecule has 3 heterocycles. The number of esters is 4. The van der Waals surface area contributed by atoms with Crippen molar-refractivity contribution in [2.24, 2.45) is 16.7 Å². The zero-order valence-electron chi connectivity index (χ0n) is 61.3. The number of aliphatic hydroxyl groups is 2. The van der Waals surface area contributed by atoms with E-state index in [1.807, 2.05) is 0 Å². The van der Waals surface area contributed by atoms with Crippen LogP contribution < -0.4 is 53.2 Å². The number of benzene rings is 5. The number of carboxylic acid groups (broad SMARTS) is 3. The molecule has 2 saturated carbocycles. The van der Waals surface area contributed by atoms with E-state index in [2.05, 4.69) is 58.5 Å². The van der Waals surface area contributed by atoms with Gasteiger partial charge in [-0.05, 0) is 104 Å². The molecule has 1 saturated heterocycles. The minimum absolute atomic E-state index is 0.0222. The lowest BCUT2D eigenvalue weighted by molar-refractivity contribution is -0.345. The number of amides is 4. The fourth-order valence-corrected chi connectivity index (χ4v) is 15.1. The van der Waals surface area contributed by atoms with Crippen LogP contribution in [0.1, 0.15) is 152 Å². The number of nitrogens with two attached hydrogens (primary N) is 1. The molecule has 0 radical (unpaired) electrons. The Hall–Kier alpha value is -13.3. The zero-order valence-corrected chi connectivity index (χ0v) is 61.3. The van der Waals surface area contributed by atoms with E-state index in [1.165, 1.54) is 70.3 Å². The molecule has 12 atom stereocenters. The number of carbonyl (C=O) groups excluding carboxylic acids is 12. The van der Waals surface area contributed by atoms with Crippen molar-refractivity contribution < 1.29 is 111 Å². The third-order valence-electron chi connectivity index (χ3n) is 20.8. The Kier molecular flexibility index (Phi) is 23.7. The smallest absolute Gasteiger partial charge is 0.339 e. The number of nitrogens with one attached hydrogen (secondary N) is 6. The number of aromatic carboxylic acids is 2. The molecule has 4 amide bonds. The SMILES string of the molecule is CC(=O)O[C@H]1C(=O)[C@]2(C)[C@@H](OC(=O)c3cc(C(=O)[O-])c(C(=O)NCCNC(=O)CC[C@H](NC(=O)c4ccc(NCc5cnc6nc(N)[nH]c(=O)c6n5)cc4)C(=O)[O-])cc3C(=O)[O-])C[C@H]3OC[C@@]3(OC(C)=O)[C@H]2[C@H](OC#Cc2ccccc2)[C@]2(O)C[C@H](OC(=O)[C@H](O)[C@@H](NC(=O)c3ccccc3)c3ccccc3)C(C)=C1C2(C)C. The molecule has 0 spiro atoms. The molecular formula is C79H75N10O24-3. The van der Waals surface area contributed by atoms with Gasteiger partial charge in [0.05, 0.1) is 71.9 Å². The Morgan fingerprint density at radius 3 is 1.99 bits per heavy atom. The zero-order chi connectivity index (χ0) is 81.6. The highest BCUT2D eigenvalue weighted by atomic mass is 16.6. The number of aromatic amines is 1. The number of ether oxygens (including phenoxy) is 6. The number of H-pyrrole nitrogens is 1. The van der Waals surface area contributed by atoms with E-state index >= 15 is 9.59 Å². The van der Waals surface area contributed by atoms with Gasteiger partial charge in [0.15, 0.2) is 34.8 Å². The van der Waals surface area contributed by atoms with Gasteiger partial charge in [0.2, 0.25) is 11.9 Å². The maximum absolute atomic E-state index is 16.7. The molecular weight excluding hydrogens is 1470 g/mol. The van der Waals surface area contributed by atoms with Gasteiger partial charge in [-0.1, -0.05) is 80.6 Å². The lowest BCUT2D eigenvalue weighted by Crippen LogP contribution is -2.82. The Bertz CT molecular complexity index is 5130. The van der Waals surface area contributed by atoms with E-state index < -0.39 is 221 Å². The van der Waals surface area contributed by atoms with E-state index in [9.17, 15) is 78.3 Å². The van der Waals surface area contributed by atoms with Crippen molar-refractivity contribution in [3.05, 3.63) is 205 Å². The first-order valence-corrected chi connectivity index (χ1v) is 35.4. The number of aliphatic carboxylic acids is 1. The van der Waals surface area contributed by atoms with Crippen molar-refractivity contribution >= 4 is 94.0 Å². The Morgan fingerprint density at radius 2 is 1.36 bits per heavy atom. The number of nitrogen functional groups attached to an aromatic ring is 1. The van der Waals surface area contributed by atoms with Crippen LogP contribution in [0.3, 0.4) is 0 Å². The largest absolute Gasteiger partial charge is 0.548 e. The molecule has 0 unspecified atom stereocenters. The van der Waals surface area contributed by atoms with Gasteiger partial charge in [-0.3, -0.25) is 43.3 Å². The molecule has 588 valence electrons. The average Bonchev–Trinajstić information content (AvgIpc) is 0.667. The summed E-state index contributed by atoms with van der Waals surface area (Å²) in [6.07, 6.45) is -9.86. The first-order chi connectivity index (χ1) is 53.7. The van der Waals surface area contributed by atoms with Crippen molar-refractivity contribution in [2.45, 2.75) is 134 Å². The van der Waals surface area contributed by atoms with Crippen molar-refractivity contribution in [1.82, 2.24) is 41.2 Å². The van der Waals surface area contributed by atoms with Gasteiger partial charge in [-0.2, -0.15) is 4.98 Å². The average molecular weight is 1550 g/mol. The summed E-state index contributed by atoms with van der Waals surface area (Å²) in [6.45, 7) is 6.16. The van der Waals surface area contributed by atoms with E-state index in [0.29, 0.717) is 29.1 Å². The van der Waals surface area contributed by atoms with Gasteiger partial charge in [0.1, 0.15) is 36.1 Å².